The van der Waals surface area contributed by atoms with Gasteiger partial charge >= 0.3 is 0 Å². The van der Waals surface area contributed by atoms with Gasteiger partial charge in [0, 0.05) is 6.61 Å². The van der Waals surface area contributed by atoms with Crippen LogP contribution >= 0.6 is 15.9 Å². The van der Waals surface area contributed by atoms with Crippen LogP contribution in [0.4, 0.5) is 5.82 Å². The van der Waals surface area contributed by atoms with Gasteiger partial charge in [-0.3, -0.25) is 4.79 Å². The number of amides is 1. The molecule has 2 rings (SSSR count). The first-order chi connectivity index (χ1) is 7.66. The highest BCUT2D eigenvalue weighted by Crippen LogP contribution is 2.21. The molecule has 2 heterocycles. The molecule has 5 heteroatoms. The van der Waals surface area contributed by atoms with Gasteiger partial charge in [-0.1, -0.05) is 13.0 Å². The minimum absolute atomic E-state index is 0.115. The summed E-state index contributed by atoms with van der Waals surface area (Å²) in [5.41, 5.74) is 0. The molecule has 2 unspecified atom stereocenters. The quantitative estimate of drug-likeness (QED) is 0.848. The summed E-state index contributed by atoms with van der Waals surface area (Å²) in [6.45, 7) is 2.68. The van der Waals surface area contributed by atoms with Gasteiger partial charge in [-0.15, -0.1) is 0 Å². The Kier molecular flexibility index (Phi) is 3.56. The van der Waals surface area contributed by atoms with Crippen molar-refractivity contribution in [2.24, 2.45) is 5.92 Å². The van der Waals surface area contributed by atoms with Crippen LogP contribution < -0.4 is 5.32 Å². The first kappa shape index (κ1) is 11.5. The molecule has 1 aromatic heterocycles. The fourth-order valence-electron chi connectivity index (χ4n) is 1.71. The van der Waals surface area contributed by atoms with Crippen molar-refractivity contribution in [1.29, 1.82) is 0 Å². The first-order valence-corrected chi connectivity index (χ1v) is 6.01. The fourth-order valence-corrected chi connectivity index (χ4v) is 2.05. The Morgan fingerprint density at radius 3 is 3.06 bits per heavy atom. The minimum Gasteiger partial charge on any atom is -0.368 e. The van der Waals surface area contributed by atoms with E-state index in [1.807, 2.05) is 19.1 Å². The van der Waals surface area contributed by atoms with E-state index in [2.05, 4.69) is 26.2 Å². The summed E-state index contributed by atoms with van der Waals surface area (Å²) in [5.74, 6) is 0.699. The van der Waals surface area contributed by atoms with E-state index < -0.39 is 0 Å². The van der Waals surface area contributed by atoms with E-state index in [1.165, 1.54) is 0 Å². The predicted octanol–water partition coefficient (Wildman–Crippen LogP) is 2.21. The van der Waals surface area contributed by atoms with Crippen LogP contribution in [-0.4, -0.2) is 23.6 Å². The second-order valence-corrected chi connectivity index (χ2v) is 4.70. The number of nitrogens with zero attached hydrogens (tertiary/aromatic N) is 1. The smallest absolute Gasteiger partial charge is 0.254 e. The van der Waals surface area contributed by atoms with Gasteiger partial charge in [0.25, 0.3) is 5.91 Å². The highest BCUT2D eigenvalue weighted by molar-refractivity contribution is 9.10. The number of carbonyl (C=O) groups is 1. The Hall–Kier alpha value is -0.940. The molecule has 1 N–H and O–H groups in total. The molecule has 0 aliphatic carbocycles. The predicted molar refractivity (Wildman–Crippen MR) is 64.1 cm³/mol. The van der Waals surface area contributed by atoms with Gasteiger partial charge in [0.05, 0.1) is 0 Å². The van der Waals surface area contributed by atoms with Crippen molar-refractivity contribution < 1.29 is 9.53 Å². The minimum atomic E-state index is -0.346. The largest absolute Gasteiger partial charge is 0.368 e. The topological polar surface area (TPSA) is 51.2 Å². The van der Waals surface area contributed by atoms with Gasteiger partial charge in [0.1, 0.15) is 16.5 Å². The highest BCUT2D eigenvalue weighted by Gasteiger charge is 2.30. The Labute approximate surface area is 103 Å². The fraction of sp³-hybridized carbons (Fsp3) is 0.455. The standard InChI is InChI=1S/C11H13BrN2O2/c1-7-5-6-16-10(7)11(15)14-9-4-2-3-8(12)13-9/h2-4,7,10H,5-6H2,1H3,(H,13,14,15). The molecule has 16 heavy (non-hydrogen) atoms. The normalized spacial score (nSPS) is 24.4. The van der Waals surface area contributed by atoms with E-state index in [-0.39, 0.29) is 17.9 Å². The molecule has 0 radical (unpaired) electrons. The second-order valence-electron chi connectivity index (χ2n) is 3.89. The Balaban J connectivity index is 2.02. The third-order valence-corrected chi connectivity index (χ3v) is 3.05. The van der Waals surface area contributed by atoms with E-state index in [0.717, 1.165) is 6.42 Å². The van der Waals surface area contributed by atoms with Crippen molar-refractivity contribution in [2.75, 3.05) is 11.9 Å². The molecule has 1 aliphatic rings. The number of pyridine rings is 1. The summed E-state index contributed by atoms with van der Waals surface area (Å²) in [7, 11) is 0. The maximum Gasteiger partial charge on any atom is 0.254 e. The summed E-state index contributed by atoms with van der Waals surface area (Å²) >= 11 is 3.25. The maximum atomic E-state index is 11.8. The molecule has 1 amide bonds. The summed E-state index contributed by atoms with van der Waals surface area (Å²) in [5, 5.41) is 2.75. The highest BCUT2D eigenvalue weighted by atomic mass is 79.9. The molecule has 4 nitrogen and oxygen atoms in total. The number of hydrogen-bond acceptors (Lipinski definition) is 3. The first-order valence-electron chi connectivity index (χ1n) is 5.22. The summed E-state index contributed by atoms with van der Waals surface area (Å²) < 4.78 is 6.08. The number of ether oxygens (including phenoxy) is 1. The third kappa shape index (κ3) is 2.59. The van der Waals surface area contributed by atoms with Crippen LogP contribution in [-0.2, 0) is 9.53 Å². The molecule has 0 bridgehead atoms. The molecule has 86 valence electrons. The lowest BCUT2D eigenvalue weighted by Gasteiger charge is -2.13. The van der Waals surface area contributed by atoms with Crippen LogP contribution in [0, 0.1) is 5.92 Å². The van der Waals surface area contributed by atoms with Gasteiger partial charge in [0.2, 0.25) is 0 Å². The van der Waals surface area contributed by atoms with Gasteiger partial charge in [0.15, 0.2) is 0 Å². The van der Waals surface area contributed by atoms with E-state index in [0.29, 0.717) is 17.0 Å². The van der Waals surface area contributed by atoms with Gasteiger partial charge < -0.3 is 10.1 Å². The van der Waals surface area contributed by atoms with Crippen LogP contribution in [0.2, 0.25) is 0 Å². The van der Waals surface area contributed by atoms with Crippen LogP contribution in [0.15, 0.2) is 22.8 Å². The van der Waals surface area contributed by atoms with Crippen molar-refractivity contribution in [3.05, 3.63) is 22.8 Å². The van der Waals surface area contributed by atoms with Gasteiger partial charge in [-0.2, -0.15) is 0 Å². The molecule has 2 atom stereocenters. The molecular weight excluding hydrogens is 272 g/mol. The molecule has 0 spiro atoms. The molecule has 1 aromatic rings. The average Bonchev–Trinajstić information content (AvgIpc) is 2.64. The summed E-state index contributed by atoms with van der Waals surface area (Å²) in [4.78, 5) is 16.0. The number of hydrogen-bond donors (Lipinski definition) is 1. The van der Waals surface area contributed by atoms with Crippen LogP contribution in [0.1, 0.15) is 13.3 Å². The lowest BCUT2D eigenvalue weighted by Crippen LogP contribution is -2.31. The summed E-state index contributed by atoms with van der Waals surface area (Å²) in [6.07, 6.45) is 0.588. The zero-order chi connectivity index (χ0) is 11.5. The summed E-state index contributed by atoms with van der Waals surface area (Å²) in [6, 6.07) is 5.39. The lowest BCUT2D eigenvalue weighted by molar-refractivity contribution is -0.126. The van der Waals surface area contributed by atoms with Crippen molar-refractivity contribution >= 4 is 27.7 Å². The van der Waals surface area contributed by atoms with Crippen LogP contribution in [0.3, 0.4) is 0 Å². The van der Waals surface area contributed by atoms with Gasteiger partial charge in [-0.05, 0) is 40.4 Å². The molecule has 0 saturated carbocycles. The van der Waals surface area contributed by atoms with Crippen LogP contribution in [0.5, 0.6) is 0 Å². The average molecular weight is 285 g/mol. The number of rotatable bonds is 2. The third-order valence-electron chi connectivity index (χ3n) is 2.61. The van der Waals surface area contributed by atoms with Crippen molar-refractivity contribution in [1.82, 2.24) is 4.98 Å². The number of carbonyl (C=O) groups excluding carboxylic acids is 1. The van der Waals surface area contributed by atoms with E-state index in [1.54, 1.807) is 6.07 Å². The zero-order valence-electron chi connectivity index (χ0n) is 8.94. The number of aromatic nitrogens is 1. The molecule has 1 aliphatic heterocycles. The second kappa shape index (κ2) is 4.93. The van der Waals surface area contributed by atoms with Crippen molar-refractivity contribution in [2.45, 2.75) is 19.4 Å². The van der Waals surface area contributed by atoms with E-state index >= 15 is 0 Å². The van der Waals surface area contributed by atoms with Crippen LogP contribution in [0.25, 0.3) is 0 Å². The van der Waals surface area contributed by atoms with E-state index in [4.69, 9.17) is 4.74 Å². The Morgan fingerprint density at radius 1 is 1.62 bits per heavy atom. The maximum absolute atomic E-state index is 11.8. The van der Waals surface area contributed by atoms with E-state index in [9.17, 15) is 4.79 Å². The Bertz CT molecular complexity index is 397. The Morgan fingerprint density at radius 2 is 2.44 bits per heavy atom. The lowest BCUT2D eigenvalue weighted by atomic mass is 10.0. The molecular formula is C11H13BrN2O2. The monoisotopic (exact) mass is 284 g/mol. The van der Waals surface area contributed by atoms with Crippen molar-refractivity contribution in [3.8, 4) is 0 Å². The number of nitrogens with one attached hydrogen (secondary N) is 1. The van der Waals surface area contributed by atoms with Crippen molar-refractivity contribution in [3.63, 3.8) is 0 Å². The zero-order valence-corrected chi connectivity index (χ0v) is 10.5. The molecule has 1 saturated heterocycles. The molecule has 1 fully saturated rings. The number of halogens is 1. The SMILES string of the molecule is CC1CCOC1C(=O)Nc1cccc(Br)n1. The molecule has 0 aromatic carbocycles. The van der Waals surface area contributed by atoms with Gasteiger partial charge in [-0.25, -0.2) is 4.98 Å². The number of anilines is 1.